The van der Waals surface area contributed by atoms with E-state index in [1.165, 1.54) is 16.8 Å². The van der Waals surface area contributed by atoms with Crippen LogP contribution in [0, 0.1) is 20.2 Å². The summed E-state index contributed by atoms with van der Waals surface area (Å²) in [5.74, 6) is 0. The quantitative estimate of drug-likeness (QED) is 0.622. The SMILES string of the molecule is NCc1cn(Cc2ccc([N+](=O)[O-])cc2[N+](=O)[O-])nn1. The molecule has 0 aliphatic rings. The highest BCUT2D eigenvalue weighted by Gasteiger charge is 2.19. The van der Waals surface area contributed by atoms with Crippen molar-refractivity contribution in [1.82, 2.24) is 15.0 Å². The molecule has 0 spiro atoms. The van der Waals surface area contributed by atoms with Crippen molar-refractivity contribution in [2.45, 2.75) is 13.1 Å². The fourth-order valence-corrected chi connectivity index (χ4v) is 1.65. The molecule has 0 aliphatic heterocycles. The summed E-state index contributed by atoms with van der Waals surface area (Å²) in [6.07, 6.45) is 1.56. The zero-order valence-electron chi connectivity index (χ0n) is 10.2. The van der Waals surface area contributed by atoms with Crippen LogP contribution in [0.15, 0.2) is 24.4 Å². The van der Waals surface area contributed by atoms with Gasteiger partial charge in [0, 0.05) is 12.6 Å². The molecule has 1 aromatic heterocycles. The maximum Gasteiger partial charge on any atom is 0.281 e. The maximum atomic E-state index is 11.0. The van der Waals surface area contributed by atoms with Crippen molar-refractivity contribution in [3.8, 4) is 0 Å². The van der Waals surface area contributed by atoms with E-state index in [2.05, 4.69) is 10.3 Å². The van der Waals surface area contributed by atoms with Crippen molar-refractivity contribution in [2.24, 2.45) is 5.73 Å². The molecule has 2 aromatic rings. The minimum Gasteiger partial charge on any atom is -0.325 e. The second kappa shape index (κ2) is 5.40. The Labute approximate surface area is 112 Å². The van der Waals surface area contributed by atoms with Crippen molar-refractivity contribution >= 4 is 11.4 Å². The molecule has 2 rings (SSSR count). The molecule has 1 heterocycles. The number of nitro benzene ring substituents is 2. The van der Waals surface area contributed by atoms with E-state index in [9.17, 15) is 20.2 Å². The monoisotopic (exact) mass is 278 g/mol. The van der Waals surface area contributed by atoms with Crippen molar-refractivity contribution in [2.75, 3.05) is 0 Å². The first-order chi connectivity index (χ1) is 9.51. The Morgan fingerprint density at radius 2 is 2.00 bits per heavy atom. The van der Waals surface area contributed by atoms with E-state index in [-0.39, 0.29) is 24.5 Å². The van der Waals surface area contributed by atoms with Gasteiger partial charge in [0.15, 0.2) is 0 Å². The molecule has 0 atom stereocenters. The standard InChI is InChI=1S/C10H10N6O4/c11-4-8-6-14(13-12-8)5-7-1-2-9(15(17)18)3-10(7)16(19)20/h1-3,6H,4-5,11H2. The van der Waals surface area contributed by atoms with Gasteiger partial charge in [0.1, 0.15) is 0 Å². The van der Waals surface area contributed by atoms with Gasteiger partial charge >= 0.3 is 0 Å². The molecule has 20 heavy (non-hydrogen) atoms. The predicted molar refractivity (Wildman–Crippen MR) is 66.8 cm³/mol. The Balaban J connectivity index is 2.35. The van der Waals surface area contributed by atoms with E-state index < -0.39 is 9.85 Å². The number of aromatic nitrogens is 3. The molecule has 0 saturated carbocycles. The Kier molecular flexibility index (Phi) is 3.66. The van der Waals surface area contributed by atoms with Gasteiger partial charge in [-0.1, -0.05) is 5.21 Å². The van der Waals surface area contributed by atoms with Crippen LogP contribution in [0.4, 0.5) is 11.4 Å². The second-order valence-electron chi connectivity index (χ2n) is 3.94. The Morgan fingerprint density at radius 3 is 2.55 bits per heavy atom. The van der Waals surface area contributed by atoms with Crippen molar-refractivity contribution in [3.05, 3.63) is 55.9 Å². The number of nitro groups is 2. The van der Waals surface area contributed by atoms with E-state index >= 15 is 0 Å². The third-order valence-corrected chi connectivity index (χ3v) is 2.60. The van der Waals surface area contributed by atoms with Gasteiger partial charge in [-0.2, -0.15) is 0 Å². The summed E-state index contributed by atoms with van der Waals surface area (Å²) in [6.45, 7) is 0.295. The highest BCUT2D eigenvalue weighted by atomic mass is 16.6. The lowest BCUT2D eigenvalue weighted by molar-refractivity contribution is -0.394. The fraction of sp³-hybridized carbons (Fsp3) is 0.200. The summed E-state index contributed by atoms with van der Waals surface area (Å²) in [6, 6.07) is 3.47. The number of hydrogen-bond acceptors (Lipinski definition) is 7. The first-order valence-corrected chi connectivity index (χ1v) is 5.52. The molecule has 0 fully saturated rings. The second-order valence-corrected chi connectivity index (χ2v) is 3.94. The van der Waals surface area contributed by atoms with Gasteiger partial charge in [0.25, 0.3) is 11.4 Å². The predicted octanol–water partition coefficient (Wildman–Crippen LogP) is 0.601. The first kappa shape index (κ1) is 13.5. The lowest BCUT2D eigenvalue weighted by Crippen LogP contribution is -2.04. The highest BCUT2D eigenvalue weighted by molar-refractivity contribution is 5.49. The normalized spacial score (nSPS) is 10.4. The van der Waals surface area contributed by atoms with Crippen molar-refractivity contribution < 1.29 is 9.85 Å². The van der Waals surface area contributed by atoms with E-state index in [0.29, 0.717) is 11.3 Å². The van der Waals surface area contributed by atoms with Gasteiger partial charge in [-0.15, -0.1) is 5.10 Å². The van der Waals surface area contributed by atoms with Crippen LogP contribution in [-0.2, 0) is 13.1 Å². The Bertz CT molecular complexity index is 668. The number of benzene rings is 1. The van der Waals surface area contributed by atoms with Gasteiger partial charge in [-0.3, -0.25) is 20.2 Å². The van der Waals surface area contributed by atoms with Gasteiger partial charge in [-0.05, 0) is 6.07 Å². The highest BCUT2D eigenvalue weighted by Crippen LogP contribution is 2.25. The molecule has 1 aromatic carbocycles. The van der Waals surface area contributed by atoms with Crippen LogP contribution in [0.2, 0.25) is 0 Å². The molecule has 2 N–H and O–H groups in total. The summed E-state index contributed by atoms with van der Waals surface area (Å²) in [7, 11) is 0. The van der Waals surface area contributed by atoms with Gasteiger partial charge in [-0.25, -0.2) is 4.68 Å². The molecule has 0 bridgehead atoms. The average molecular weight is 278 g/mol. The fourth-order valence-electron chi connectivity index (χ4n) is 1.65. The third-order valence-electron chi connectivity index (χ3n) is 2.60. The van der Waals surface area contributed by atoms with Crippen LogP contribution < -0.4 is 5.73 Å². The lowest BCUT2D eigenvalue weighted by Gasteiger charge is -2.02. The van der Waals surface area contributed by atoms with E-state index in [1.807, 2.05) is 0 Å². The Hall–Kier alpha value is -2.88. The van der Waals surface area contributed by atoms with E-state index in [4.69, 9.17) is 5.73 Å². The number of rotatable bonds is 5. The summed E-state index contributed by atoms with van der Waals surface area (Å²) < 4.78 is 1.39. The topological polar surface area (TPSA) is 143 Å². The summed E-state index contributed by atoms with van der Waals surface area (Å²) in [4.78, 5) is 20.2. The molecule has 0 amide bonds. The molecule has 104 valence electrons. The Morgan fingerprint density at radius 1 is 1.25 bits per heavy atom. The maximum absolute atomic E-state index is 11.0. The van der Waals surface area contributed by atoms with Crippen LogP contribution in [0.3, 0.4) is 0 Å². The zero-order chi connectivity index (χ0) is 14.7. The minimum absolute atomic E-state index is 0.0846. The molecule has 0 saturated heterocycles. The minimum atomic E-state index is -0.682. The van der Waals surface area contributed by atoms with Crippen molar-refractivity contribution in [3.63, 3.8) is 0 Å². The molecule has 0 unspecified atom stereocenters. The number of nitrogens with two attached hydrogens (primary N) is 1. The molecular formula is C10H10N6O4. The van der Waals surface area contributed by atoms with Crippen LogP contribution in [-0.4, -0.2) is 24.8 Å². The third kappa shape index (κ3) is 2.75. The molecular weight excluding hydrogens is 268 g/mol. The molecule has 10 heteroatoms. The molecule has 10 nitrogen and oxygen atoms in total. The zero-order valence-corrected chi connectivity index (χ0v) is 10.2. The van der Waals surface area contributed by atoms with Gasteiger partial charge in [0.05, 0.1) is 39.9 Å². The number of nitrogens with zero attached hydrogens (tertiary/aromatic N) is 5. The lowest BCUT2D eigenvalue weighted by atomic mass is 10.1. The van der Waals surface area contributed by atoms with E-state index in [1.54, 1.807) is 6.20 Å². The van der Waals surface area contributed by atoms with Gasteiger partial charge in [0.2, 0.25) is 0 Å². The van der Waals surface area contributed by atoms with Crippen molar-refractivity contribution in [1.29, 1.82) is 0 Å². The summed E-state index contributed by atoms with van der Waals surface area (Å²) in [5.41, 5.74) is 5.58. The summed E-state index contributed by atoms with van der Waals surface area (Å²) in [5, 5.41) is 29.1. The number of hydrogen-bond donors (Lipinski definition) is 1. The van der Waals surface area contributed by atoms with Gasteiger partial charge < -0.3 is 5.73 Å². The largest absolute Gasteiger partial charge is 0.325 e. The van der Waals surface area contributed by atoms with Crippen LogP contribution >= 0.6 is 0 Å². The molecule has 0 radical (unpaired) electrons. The summed E-state index contributed by atoms with van der Waals surface area (Å²) >= 11 is 0. The van der Waals surface area contributed by atoms with E-state index in [0.717, 1.165) is 6.07 Å². The van der Waals surface area contributed by atoms with Crippen LogP contribution in [0.5, 0.6) is 0 Å². The number of non-ortho nitro benzene ring substituents is 1. The van der Waals surface area contributed by atoms with Crippen LogP contribution in [0.25, 0.3) is 0 Å². The molecule has 0 aliphatic carbocycles. The average Bonchev–Trinajstić information content (AvgIpc) is 2.86. The van der Waals surface area contributed by atoms with Crippen LogP contribution in [0.1, 0.15) is 11.3 Å². The smallest absolute Gasteiger partial charge is 0.281 e. The first-order valence-electron chi connectivity index (χ1n) is 5.52.